The summed E-state index contributed by atoms with van der Waals surface area (Å²) in [5.41, 5.74) is 0.983. The van der Waals surface area contributed by atoms with E-state index < -0.39 is 6.04 Å². The Bertz CT molecular complexity index is 496. The van der Waals surface area contributed by atoms with Crippen molar-refractivity contribution in [2.24, 2.45) is 5.92 Å². The van der Waals surface area contributed by atoms with Crippen LogP contribution >= 0.6 is 0 Å². The number of carbonyl (C=O) groups excluding carboxylic acids is 2. The minimum absolute atomic E-state index is 0.0181. The molecule has 1 aliphatic heterocycles. The molecule has 1 atom stereocenters. The molecule has 1 aromatic rings. The maximum atomic E-state index is 12.3. The lowest BCUT2D eigenvalue weighted by atomic mass is 10.0. The van der Waals surface area contributed by atoms with Gasteiger partial charge in [-0.25, -0.2) is 0 Å². The summed E-state index contributed by atoms with van der Waals surface area (Å²) in [5, 5.41) is 2.75. The number of piperazine rings is 1. The van der Waals surface area contributed by atoms with Gasteiger partial charge in [0.05, 0.1) is 13.7 Å². The number of carbonyl (C=O) groups is 2. The van der Waals surface area contributed by atoms with Crippen LogP contribution in [0.3, 0.4) is 0 Å². The molecule has 2 rings (SSSR count). The van der Waals surface area contributed by atoms with E-state index in [0.29, 0.717) is 6.54 Å². The topological polar surface area (TPSA) is 58.6 Å². The number of hydrogen-bond donors (Lipinski definition) is 1. The van der Waals surface area contributed by atoms with Crippen molar-refractivity contribution in [3.63, 3.8) is 0 Å². The first-order valence-corrected chi connectivity index (χ1v) is 6.72. The van der Waals surface area contributed by atoms with Crippen LogP contribution in [-0.2, 0) is 16.1 Å². The van der Waals surface area contributed by atoms with Crippen molar-refractivity contribution in [2.45, 2.75) is 26.4 Å². The van der Waals surface area contributed by atoms with E-state index in [1.165, 1.54) is 0 Å². The van der Waals surface area contributed by atoms with E-state index in [9.17, 15) is 9.59 Å². The van der Waals surface area contributed by atoms with Crippen molar-refractivity contribution in [1.82, 2.24) is 10.2 Å². The fourth-order valence-electron chi connectivity index (χ4n) is 2.27. The van der Waals surface area contributed by atoms with E-state index in [1.807, 2.05) is 38.1 Å². The molecule has 0 radical (unpaired) electrons. The lowest BCUT2D eigenvalue weighted by Crippen LogP contribution is -2.59. The molecule has 108 valence electrons. The zero-order valence-corrected chi connectivity index (χ0v) is 12.1. The second-order valence-electron chi connectivity index (χ2n) is 5.33. The monoisotopic (exact) mass is 276 g/mol. The zero-order valence-electron chi connectivity index (χ0n) is 12.1. The molecule has 20 heavy (non-hydrogen) atoms. The van der Waals surface area contributed by atoms with Gasteiger partial charge in [0.1, 0.15) is 11.8 Å². The molecule has 0 bridgehead atoms. The molecule has 1 aromatic carbocycles. The van der Waals surface area contributed by atoms with Crippen molar-refractivity contribution in [3.05, 3.63) is 29.8 Å². The standard InChI is InChI=1S/C15H20N2O3/c1-10(2)14-15(19)17(9-13(18)16-14)8-11-4-6-12(20-3)7-5-11/h4-7,10,14H,8-9H2,1-3H3,(H,16,18)/t14-/m0/s1. The molecule has 1 heterocycles. The lowest BCUT2D eigenvalue weighted by Gasteiger charge is -2.34. The van der Waals surface area contributed by atoms with E-state index in [4.69, 9.17) is 4.74 Å². The van der Waals surface area contributed by atoms with Crippen molar-refractivity contribution >= 4 is 11.8 Å². The quantitative estimate of drug-likeness (QED) is 0.898. The lowest BCUT2D eigenvalue weighted by molar-refractivity contribution is -0.146. The summed E-state index contributed by atoms with van der Waals surface area (Å²) in [5.74, 6) is 0.744. The van der Waals surface area contributed by atoms with Crippen LogP contribution in [0.2, 0.25) is 0 Å². The second kappa shape index (κ2) is 5.94. The van der Waals surface area contributed by atoms with E-state index >= 15 is 0 Å². The van der Waals surface area contributed by atoms with Gasteiger partial charge in [0, 0.05) is 6.54 Å². The Morgan fingerprint density at radius 2 is 1.95 bits per heavy atom. The molecule has 2 amide bonds. The van der Waals surface area contributed by atoms with E-state index in [0.717, 1.165) is 11.3 Å². The zero-order chi connectivity index (χ0) is 14.7. The smallest absolute Gasteiger partial charge is 0.246 e. The third-order valence-corrected chi connectivity index (χ3v) is 3.43. The average molecular weight is 276 g/mol. The largest absolute Gasteiger partial charge is 0.497 e. The molecule has 1 fully saturated rings. The van der Waals surface area contributed by atoms with Crippen LogP contribution in [0, 0.1) is 5.92 Å². The van der Waals surface area contributed by atoms with Gasteiger partial charge in [0.2, 0.25) is 11.8 Å². The minimum atomic E-state index is -0.422. The van der Waals surface area contributed by atoms with Gasteiger partial charge in [-0.1, -0.05) is 26.0 Å². The van der Waals surface area contributed by atoms with Gasteiger partial charge >= 0.3 is 0 Å². The van der Waals surface area contributed by atoms with E-state index in [2.05, 4.69) is 5.32 Å². The highest BCUT2D eigenvalue weighted by Crippen LogP contribution is 2.16. The summed E-state index contributed by atoms with van der Waals surface area (Å²) in [7, 11) is 1.61. The van der Waals surface area contributed by atoms with Crippen molar-refractivity contribution in [3.8, 4) is 5.75 Å². The van der Waals surface area contributed by atoms with E-state index in [-0.39, 0.29) is 24.3 Å². The summed E-state index contributed by atoms with van der Waals surface area (Å²) >= 11 is 0. The molecular weight excluding hydrogens is 256 g/mol. The van der Waals surface area contributed by atoms with Gasteiger partial charge in [-0.15, -0.1) is 0 Å². The molecule has 5 nitrogen and oxygen atoms in total. The first kappa shape index (κ1) is 14.4. The number of ether oxygens (including phenoxy) is 1. The van der Waals surface area contributed by atoms with Gasteiger partial charge in [-0.05, 0) is 23.6 Å². The average Bonchev–Trinajstić information content (AvgIpc) is 2.43. The molecule has 1 aliphatic rings. The Morgan fingerprint density at radius 3 is 2.50 bits per heavy atom. The van der Waals surface area contributed by atoms with Gasteiger partial charge < -0.3 is 15.0 Å². The van der Waals surface area contributed by atoms with Crippen molar-refractivity contribution < 1.29 is 14.3 Å². The first-order chi connectivity index (χ1) is 9.51. The number of rotatable bonds is 4. The first-order valence-electron chi connectivity index (χ1n) is 6.72. The summed E-state index contributed by atoms with van der Waals surface area (Å²) in [6.45, 7) is 4.42. The van der Waals surface area contributed by atoms with Crippen LogP contribution in [0.25, 0.3) is 0 Å². The molecule has 1 N–H and O–H groups in total. The number of benzene rings is 1. The highest BCUT2D eigenvalue weighted by atomic mass is 16.5. The fourth-order valence-corrected chi connectivity index (χ4v) is 2.27. The fraction of sp³-hybridized carbons (Fsp3) is 0.467. The van der Waals surface area contributed by atoms with E-state index in [1.54, 1.807) is 12.0 Å². The van der Waals surface area contributed by atoms with Gasteiger partial charge in [0.25, 0.3) is 0 Å². The van der Waals surface area contributed by atoms with Gasteiger partial charge in [0.15, 0.2) is 0 Å². The highest BCUT2D eigenvalue weighted by Gasteiger charge is 2.34. The molecular formula is C15H20N2O3. The number of methoxy groups -OCH3 is 1. The number of hydrogen-bond acceptors (Lipinski definition) is 3. The molecule has 0 aromatic heterocycles. The Kier molecular flexibility index (Phi) is 4.27. The van der Waals surface area contributed by atoms with Crippen LogP contribution in [0.1, 0.15) is 19.4 Å². The summed E-state index contributed by atoms with van der Waals surface area (Å²) in [4.78, 5) is 25.6. The molecule has 0 aliphatic carbocycles. The van der Waals surface area contributed by atoms with Crippen LogP contribution in [0.15, 0.2) is 24.3 Å². The Labute approximate surface area is 118 Å². The Morgan fingerprint density at radius 1 is 1.30 bits per heavy atom. The molecule has 0 unspecified atom stereocenters. The van der Waals surface area contributed by atoms with Crippen LogP contribution < -0.4 is 10.1 Å². The normalized spacial score (nSPS) is 19.2. The van der Waals surface area contributed by atoms with Gasteiger partial charge in [-0.2, -0.15) is 0 Å². The Hall–Kier alpha value is -2.04. The molecule has 0 spiro atoms. The predicted octanol–water partition coefficient (Wildman–Crippen LogP) is 1.18. The third-order valence-electron chi connectivity index (χ3n) is 3.43. The van der Waals surface area contributed by atoms with Crippen LogP contribution in [0.4, 0.5) is 0 Å². The second-order valence-corrected chi connectivity index (χ2v) is 5.33. The Balaban J connectivity index is 2.10. The summed E-state index contributed by atoms with van der Waals surface area (Å²) in [6.07, 6.45) is 0. The maximum absolute atomic E-state index is 12.3. The maximum Gasteiger partial charge on any atom is 0.246 e. The highest BCUT2D eigenvalue weighted by molar-refractivity contribution is 5.94. The number of amides is 2. The number of nitrogens with zero attached hydrogens (tertiary/aromatic N) is 1. The van der Waals surface area contributed by atoms with Crippen molar-refractivity contribution in [2.75, 3.05) is 13.7 Å². The molecule has 0 saturated carbocycles. The molecule has 1 saturated heterocycles. The van der Waals surface area contributed by atoms with Crippen molar-refractivity contribution in [1.29, 1.82) is 0 Å². The number of nitrogens with one attached hydrogen (secondary N) is 1. The minimum Gasteiger partial charge on any atom is -0.497 e. The summed E-state index contributed by atoms with van der Waals surface area (Å²) in [6, 6.07) is 7.09. The van der Waals surface area contributed by atoms with Crippen LogP contribution in [-0.4, -0.2) is 36.4 Å². The van der Waals surface area contributed by atoms with Crippen LogP contribution in [0.5, 0.6) is 5.75 Å². The SMILES string of the molecule is COc1ccc(CN2CC(=O)N[C@@H](C(C)C)C2=O)cc1. The van der Waals surface area contributed by atoms with Gasteiger partial charge in [-0.3, -0.25) is 9.59 Å². The molecule has 5 heteroatoms. The third kappa shape index (κ3) is 3.10. The predicted molar refractivity (Wildman–Crippen MR) is 75.2 cm³/mol. The summed E-state index contributed by atoms with van der Waals surface area (Å²) < 4.78 is 5.10.